The Labute approximate surface area is 127 Å². The number of piperidine rings is 1. The van der Waals surface area contributed by atoms with Gasteiger partial charge in [-0.25, -0.2) is 4.98 Å². The number of thiazole rings is 1. The van der Waals surface area contributed by atoms with Gasteiger partial charge < -0.3 is 10.2 Å². The minimum atomic E-state index is -0.0430. The number of nitrogens with zero attached hydrogens (tertiary/aromatic N) is 4. The molecule has 0 saturated carbocycles. The largest absolute Gasteiger partial charge is 0.348 e. The molecule has 0 aromatic carbocycles. The summed E-state index contributed by atoms with van der Waals surface area (Å²) in [6, 6.07) is 1.97. The summed E-state index contributed by atoms with van der Waals surface area (Å²) in [6.45, 7) is 3.94. The quantitative estimate of drug-likeness (QED) is 0.935. The number of aromatic nitrogens is 3. The van der Waals surface area contributed by atoms with E-state index in [9.17, 15) is 4.79 Å². The molecule has 0 spiro atoms. The van der Waals surface area contributed by atoms with Gasteiger partial charge in [0.15, 0.2) is 5.13 Å². The summed E-state index contributed by atoms with van der Waals surface area (Å²) in [5.74, 6) is -0.0430. The molecule has 3 heterocycles. The van der Waals surface area contributed by atoms with E-state index in [-0.39, 0.29) is 11.9 Å². The molecule has 112 valence electrons. The van der Waals surface area contributed by atoms with Crippen molar-refractivity contribution in [1.82, 2.24) is 20.1 Å². The van der Waals surface area contributed by atoms with Crippen LogP contribution in [0.5, 0.6) is 0 Å². The first-order valence-electron chi connectivity index (χ1n) is 7.10. The van der Waals surface area contributed by atoms with Crippen LogP contribution in [0.2, 0.25) is 0 Å². The smallest absolute Gasteiger partial charge is 0.269 e. The number of anilines is 1. The molecule has 7 heteroatoms. The van der Waals surface area contributed by atoms with Crippen LogP contribution in [0.4, 0.5) is 5.13 Å². The first-order chi connectivity index (χ1) is 10.1. The fraction of sp³-hybridized carbons (Fsp3) is 0.500. The maximum absolute atomic E-state index is 12.2. The highest BCUT2D eigenvalue weighted by Crippen LogP contribution is 2.24. The molecule has 0 bridgehead atoms. The summed E-state index contributed by atoms with van der Waals surface area (Å²) in [5, 5.41) is 8.21. The second kappa shape index (κ2) is 5.85. The van der Waals surface area contributed by atoms with Gasteiger partial charge in [-0.2, -0.15) is 5.10 Å². The van der Waals surface area contributed by atoms with Gasteiger partial charge in [-0.3, -0.25) is 9.48 Å². The van der Waals surface area contributed by atoms with Gasteiger partial charge in [0.05, 0.1) is 0 Å². The Kier molecular flexibility index (Phi) is 3.92. The molecule has 0 unspecified atom stereocenters. The Bertz CT molecular complexity index is 627. The van der Waals surface area contributed by atoms with Crippen molar-refractivity contribution in [3.05, 3.63) is 29.0 Å². The number of nitrogens with one attached hydrogen (secondary N) is 1. The maximum atomic E-state index is 12.2. The van der Waals surface area contributed by atoms with Crippen LogP contribution in [0.1, 0.15) is 28.2 Å². The summed E-state index contributed by atoms with van der Waals surface area (Å²) in [5.41, 5.74) is 0.605. The lowest BCUT2D eigenvalue weighted by atomic mass is 10.1. The zero-order valence-electron chi connectivity index (χ0n) is 12.2. The molecule has 1 saturated heterocycles. The molecule has 1 fully saturated rings. The van der Waals surface area contributed by atoms with Crippen molar-refractivity contribution in [2.24, 2.45) is 7.05 Å². The summed E-state index contributed by atoms with van der Waals surface area (Å²) >= 11 is 1.73. The van der Waals surface area contributed by atoms with Crippen LogP contribution < -0.4 is 10.2 Å². The fourth-order valence-corrected chi connectivity index (χ4v) is 3.37. The Hall–Kier alpha value is -1.89. The Morgan fingerprint density at radius 1 is 1.43 bits per heavy atom. The molecule has 0 aliphatic carbocycles. The van der Waals surface area contributed by atoms with Crippen molar-refractivity contribution in [3.63, 3.8) is 0 Å². The highest BCUT2D eigenvalue weighted by molar-refractivity contribution is 7.15. The van der Waals surface area contributed by atoms with E-state index in [1.54, 1.807) is 35.3 Å². The summed E-state index contributed by atoms with van der Waals surface area (Å²) in [4.78, 5) is 20.1. The van der Waals surface area contributed by atoms with Gasteiger partial charge in [0, 0.05) is 43.4 Å². The molecule has 1 aliphatic rings. The van der Waals surface area contributed by atoms with E-state index >= 15 is 0 Å². The topological polar surface area (TPSA) is 63.1 Å². The number of aryl methyl sites for hydroxylation is 2. The van der Waals surface area contributed by atoms with E-state index in [4.69, 9.17) is 0 Å². The van der Waals surface area contributed by atoms with Crippen LogP contribution in [0, 0.1) is 6.92 Å². The fourth-order valence-electron chi connectivity index (χ4n) is 2.56. The van der Waals surface area contributed by atoms with Crippen molar-refractivity contribution in [3.8, 4) is 0 Å². The average Bonchev–Trinajstić information content (AvgIpc) is 3.08. The van der Waals surface area contributed by atoms with Gasteiger partial charge in [0.1, 0.15) is 5.69 Å². The van der Waals surface area contributed by atoms with E-state index in [1.807, 2.05) is 6.20 Å². The zero-order chi connectivity index (χ0) is 14.8. The summed E-state index contributed by atoms with van der Waals surface area (Å²) in [7, 11) is 1.78. The van der Waals surface area contributed by atoms with E-state index in [1.165, 1.54) is 4.88 Å². The van der Waals surface area contributed by atoms with Crippen LogP contribution >= 0.6 is 11.3 Å². The van der Waals surface area contributed by atoms with Gasteiger partial charge in [0.2, 0.25) is 0 Å². The molecule has 3 rings (SSSR count). The zero-order valence-corrected chi connectivity index (χ0v) is 13.1. The van der Waals surface area contributed by atoms with Gasteiger partial charge in [-0.15, -0.1) is 11.3 Å². The molecule has 21 heavy (non-hydrogen) atoms. The highest BCUT2D eigenvalue weighted by Gasteiger charge is 2.23. The predicted molar refractivity (Wildman–Crippen MR) is 82.8 cm³/mol. The molecule has 0 radical (unpaired) electrons. The van der Waals surface area contributed by atoms with Crippen molar-refractivity contribution in [1.29, 1.82) is 0 Å². The van der Waals surface area contributed by atoms with Crippen molar-refractivity contribution >= 4 is 22.4 Å². The summed E-state index contributed by atoms with van der Waals surface area (Å²) < 4.78 is 1.60. The van der Waals surface area contributed by atoms with Crippen LogP contribution in [-0.2, 0) is 7.05 Å². The van der Waals surface area contributed by atoms with Gasteiger partial charge >= 0.3 is 0 Å². The van der Waals surface area contributed by atoms with Crippen LogP contribution in [0.25, 0.3) is 0 Å². The molecule has 1 amide bonds. The number of amides is 1. The third kappa shape index (κ3) is 3.07. The van der Waals surface area contributed by atoms with Crippen molar-refractivity contribution in [2.75, 3.05) is 18.0 Å². The second-order valence-electron chi connectivity index (χ2n) is 5.33. The third-order valence-electron chi connectivity index (χ3n) is 3.76. The van der Waals surface area contributed by atoms with Gasteiger partial charge in [-0.05, 0) is 25.8 Å². The van der Waals surface area contributed by atoms with Crippen molar-refractivity contribution < 1.29 is 4.79 Å². The minimum Gasteiger partial charge on any atom is -0.348 e. The summed E-state index contributed by atoms with van der Waals surface area (Å²) in [6.07, 6.45) is 5.45. The number of carbonyl (C=O) groups is 1. The Balaban J connectivity index is 1.54. The Morgan fingerprint density at radius 3 is 2.76 bits per heavy atom. The lowest BCUT2D eigenvalue weighted by molar-refractivity contribution is 0.0921. The Morgan fingerprint density at radius 2 is 2.19 bits per heavy atom. The molecular weight excluding hydrogens is 286 g/mol. The molecule has 6 nitrogen and oxygen atoms in total. The monoisotopic (exact) mass is 305 g/mol. The SMILES string of the molecule is Cc1cnc(N2CCC(NC(=O)c3ccnn3C)CC2)s1. The maximum Gasteiger partial charge on any atom is 0.269 e. The van der Waals surface area contributed by atoms with E-state index in [2.05, 4.69) is 27.2 Å². The number of hydrogen-bond donors (Lipinski definition) is 1. The normalized spacial score (nSPS) is 16.2. The number of rotatable bonds is 3. The van der Waals surface area contributed by atoms with Gasteiger partial charge in [0.25, 0.3) is 5.91 Å². The van der Waals surface area contributed by atoms with Crippen LogP contribution in [0.15, 0.2) is 18.5 Å². The molecule has 0 atom stereocenters. The molecule has 1 N–H and O–H groups in total. The standard InChI is InChI=1S/C14H19N5OS/c1-10-9-15-14(21-10)19-7-4-11(5-8-19)17-13(20)12-3-6-16-18(12)2/h3,6,9,11H,4-5,7-8H2,1-2H3,(H,17,20). The van der Waals surface area contributed by atoms with Gasteiger partial charge in [-0.1, -0.05) is 0 Å². The van der Waals surface area contributed by atoms with Crippen LogP contribution in [0.3, 0.4) is 0 Å². The lowest BCUT2D eigenvalue weighted by Gasteiger charge is -2.32. The first kappa shape index (κ1) is 14.1. The predicted octanol–water partition coefficient (Wildman–Crippen LogP) is 1.58. The lowest BCUT2D eigenvalue weighted by Crippen LogP contribution is -2.45. The molecule has 2 aromatic heterocycles. The van der Waals surface area contributed by atoms with E-state index < -0.39 is 0 Å². The number of carbonyl (C=O) groups excluding carboxylic acids is 1. The van der Waals surface area contributed by atoms with E-state index in [0.29, 0.717) is 5.69 Å². The van der Waals surface area contributed by atoms with E-state index in [0.717, 1.165) is 31.1 Å². The van der Waals surface area contributed by atoms with Crippen molar-refractivity contribution in [2.45, 2.75) is 25.8 Å². The number of hydrogen-bond acceptors (Lipinski definition) is 5. The average molecular weight is 305 g/mol. The second-order valence-corrected chi connectivity index (χ2v) is 6.54. The highest BCUT2D eigenvalue weighted by atomic mass is 32.1. The molecule has 2 aromatic rings. The van der Waals surface area contributed by atoms with Crippen LogP contribution in [-0.4, -0.2) is 39.8 Å². The molecular formula is C14H19N5OS. The molecule has 1 aliphatic heterocycles. The third-order valence-corrected chi connectivity index (χ3v) is 4.74. The minimum absolute atomic E-state index is 0.0430. The first-order valence-corrected chi connectivity index (χ1v) is 7.91.